The normalized spacial score (nSPS) is 12.7. The molecule has 1 aliphatic rings. The van der Waals surface area contributed by atoms with Gasteiger partial charge in [-0.3, -0.25) is 14.4 Å². The van der Waals surface area contributed by atoms with E-state index in [1.54, 1.807) is 36.4 Å². The monoisotopic (exact) mass is 400 g/mol. The second-order valence-electron chi connectivity index (χ2n) is 6.44. The molecular weight excluding hydrogens is 379 g/mol. The first-order chi connectivity index (χ1) is 14.0. The molecule has 0 atom stereocenters. The topological polar surface area (TPSA) is 84.9 Å². The summed E-state index contributed by atoms with van der Waals surface area (Å²) in [6, 6.07) is 13.1. The van der Waals surface area contributed by atoms with Gasteiger partial charge in [-0.25, -0.2) is 4.39 Å². The summed E-state index contributed by atoms with van der Waals surface area (Å²) in [5, 5.41) is 2.64. The zero-order valence-electron chi connectivity index (χ0n) is 15.7. The largest absolute Gasteiger partial charge is 0.482 e. The van der Waals surface area contributed by atoms with Crippen molar-refractivity contribution >= 4 is 23.5 Å². The van der Waals surface area contributed by atoms with Crippen molar-refractivity contribution < 1.29 is 28.2 Å². The van der Waals surface area contributed by atoms with E-state index in [2.05, 4.69) is 5.32 Å². The number of nitrogens with one attached hydrogen (secondary N) is 1. The molecule has 0 aliphatic carbocycles. The minimum Gasteiger partial charge on any atom is -0.482 e. The number of rotatable bonds is 8. The van der Waals surface area contributed by atoms with Gasteiger partial charge in [-0.15, -0.1) is 0 Å². The van der Waals surface area contributed by atoms with Crippen LogP contribution in [-0.2, 0) is 25.5 Å². The second-order valence-corrected chi connectivity index (χ2v) is 6.44. The molecule has 3 rings (SSSR count). The summed E-state index contributed by atoms with van der Waals surface area (Å²) in [4.78, 5) is 37.2. The molecule has 8 heteroatoms. The van der Waals surface area contributed by atoms with Crippen LogP contribution in [0.1, 0.15) is 12.0 Å². The van der Waals surface area contributed by atoms with Crippen LogP contribution in [0, 0.1) is 5.82 Å². The molecule has 1 N–H and O–H groups in total. The van der Waals surface area contributed by atoms with Crippen LogP contribution in [0.25, 0.3) is 0 Å². The summed E-state index contributed by atoms with van der Waals surface area (Å²) in [5.74, 6) is -0.966. The Morgan fingerprint density at radius 2 is 1.90 bits per heavy atom. The Balaban J connectivity index is 1.37. The van der Waals surface area contributed by atoms with E-state index in [0.717, 1.165) is 5.56 Å². The van der Waals surface area contributed by atoms with Crippen molar-refractivity contribution in [1.82, 2.24) is 5.32 Å². The number of hydrogen-bond donors (Lipinski definition) is 1. The smallest absolute Gasteiger partial charge is 0.308 e. The van der Waals surface area contributed by atoms with Crippen LogP contribution < -0.4 is 15.0 Å². The van der Waals surface area contributed by atoms with E-state index in [1.807, 2.05) is 0 Å². The molecule has 2 aromatic carbocycles. The van der Waals surface area contributed by atoms with Crippen LogP contribution in [-0.4, -0.2) is 44.1 Å². The maximum atomic E-state index is 12.8. The minimum atomic E-state index is -0.574. The molecule has 1 heterocycles. The Hall–Kier alpha value is -3.42. The maximum absolute atomic E-state index is 12.8. The summed E-state index contributed by atoms with van der Waals surface area (Å²) in [6.45, 7) is 0.0176. The number of esters is 1. The molecule has 2 aromatic rings. The Labute approximate surface area is 167 Å². The minimum absolute atomic E-state index is 0.0388. The van der Waals surface area contributed by atoms with E-state index in [-0.39, 0.29) is 31.3 Å². The van der Waals surface area contributed by atoms with E-state index in [4.69, 9.17) is 9.47 Å². The Kier molecular flexibility index (Phi) is 6.78. The Bertz CT molecular complexity index is 885. The third-order valence-electron chi connectivity index (χ3n) is 4.36. The molecule has 2 amide bonds. The molecule has 0 bridgehead atoms. The van der Waals surface area contributed by atoms with E-state index in [1.165, 1.54) is 17.0 Å². The predicted octanol–water partition coefficient (Wildman–Crippen LogP) is 1.84. The van der Waals surface area contributed by atoms with E-state index in [0.29, 0.717) is 24.4 Å². The highest BCUT2D eigenvalue weighted by Crippen LogP contribution is 2.31. The van der Waals surface area contributed by atoms with Gasteiger partial charge >= 0.3 is 5.97 Å². The average molecular weight is 400 g/mol. The van der Waals surface area contributed by atoms with Gasteiger partial charge < -0.3 is 19.7 Å². The summed E-state index contributed by atoms with van der Waals surface area (Å²) in [6.07, 6.45) is 0.501. The molecule has 7 nitrogen and oxygen atoms in total. The number of amides is 2. The molecule has 152 valence electrons. The van der Waals surface area contributed by atoms with Crippen LogP contribution in [0.5, 0.6) is 5.75 Å². The zero-order valence-corrected chi connectivity index (χ0v) is 15.7. The molecule has 0 aromatic heterocycles. The molecule has 0 saturated heterocycles. The number of para-hydroxylation sites is 2. The Morgan fingerprint density at radius 3 is 2.69 bits per heavy atom. The van der Waals surface area contributed by atoms with Gasteiger partial charge in [-0.1, -0.05) is 24.3 Å². The van der Waals surface area contributed by atoms with Crippen molar-refractivity contribution in [2.45, 2.75) is 12.8 Å². The van der Waals surface area contributed by atoms with Crippen molar-refractivity contribution in [3.8, 4) is 5.75 Å². The van der Waals surface area contributed by atoms with Crippen molar-refractivity contribution in [3.63, 3.8) is 0 Å². The van der Waals surface area contributed by atoms with Gasteiger partial charge in [0.1, 0.15) is 11.6 Å². The van der Waals surface area contributed by atoms with E-state index >= 15 is 0 Å². The molecule has 0 unspecified atom stereocenters. The lowest BCUT2D eigenvalue weighted by molar-refractivity contribution is -0.148. The summed E-state index contributed by atoms with van der Waals surface area (Å²) in [5.41, 5.74) is 1.49. The highest BCUT2D eigenvalue weighted by Gasteiger charge is 2.25. The number of carbonyl (C=O) groups excluding carboxylic acids is 3. The number of anilines is 1. The molecule has 0 saturated carbocycles. The lowest BCUT2D eigenvalue weighted by Crippen LogP contribution is -2.40. The van der Waals surface area contributed by atoms with E-state index in [9.17, 15) is 18.8 Å². The molecule has 1 aliphatic heterocycles. The average Bonchev–Trinajstić information content (AvgIpc) is 2.73. The van der Waals surface area contributed by atoms with Gasteiger partial charge in [-0.2, -0.15) is 0 Å². The molecule has 0 radical (unpaired) electrons. The van der Waals surface area contributed by atoms with Crippen LogP contribution in [0.4, 0.5) is 10.1 Å². The maximum Gasteiger partial charge on any atom is 0.308 e. The van der Waals surface area contributed by atoms with Crippen molar-refractivity contribution in [2.24, 2.45) is 0 Å². The van der Waals surface area contributed by atoms with Crippen molar-refractivity contribution in [3.05, 3.63) is 59.9 Å². The van der Waals surface area contributed by atoms with Gasteiger partial charge in [-0.05, 0) is 36.2 Å². The van der Waals surface area contributed by atoms with E-state index < -0.39 is 18.5 Å². The lowest BCUT2D eigenvalue weighted by Gasteiger charge is -2.28. The Morgan fingerprint density at radius 1 is 1.14 bits per heavy atom. The van der Waals surface area contributed by atoms with Gasteiger partial charge in [0.25, 0.3) is 11.8 Å². The van der Waals surface area contributed by atoms with Crippen LogP contribution >= 0.6 is 0 Å². The third-order valence-corrected chi connectivity index (χ3v) is 4.36. The van der Waals surface area contributed by atoms with Gasteiger partial charge in [0.05, 0.1) is 12.1 Å². The molecule has 0 spiro atoms. The number of hydrogen-bond acceptors (Lipinski definition) is 5. The fraction of sp³-hybridized carbons (Fsp3) is 0.286. The summed E-state index contributed by atoms with van der Waals surface area (Å²) in [7, 11) is 0. The van der Waals surface area contributed by atoms with Gasteiger partial charge in [0.2, 0.25) is 0 Å². The molecule has 0 fully saturated rings. The highest BCUT2D eigenvalue weighted by molar-refractivity contribution is 5.98. The summed E-state index contributed by atoms with van der Waals surface area (Å²) >= 11 is 0. The highest BCUT2D eigenvalue weighted by atomic mass is 19.1. The summed E-state index contributed by atoms with van der Waals surface area (Å²) < 4.78 is 23.2. The SMILES string of the molecule is O=C(COC(=O)CCN1C(=O)COc2ccccc21)NCCc1ccc(F)cc1. The van der Waals surface area contributed by atoms with Gasteiger partial charge in [0, 0.05) is 13.1 Å². The van der Waals surface area contributed by atoms with Crippen LogP contribution in [0.15, 0.2) is 48.5 Å². The third kappa shape index (κ3) is 5.78. The second kappa shape index (κ2) is 9.68. The number of benzene rings is 2. The predicted molar refractivity (Wildman–Crippen MR) is 103 cm³/mol. The number of halogens is 1. The standard InChI is InChI=1S/C21H21FN2O5/c22-16-7-5-15(6-8-16)9-11-23-19(25)13-29-21(27)10-12-24-17-3-1-2-4-18(17)28-14-20(24)26/h1-8H,9-14H2,(H,23,25). The van der Waals surface area contributed by atoms with Gasteiger partial charge in [0.15, 0.2) is 13.2 Å². The van der Waals surface area contributed by atoms with Crippen molar-refractivity contribution in [1.29, 1.82) is 0 Å². The fourth-order valence-electron chi connectivity index (χ4n) is 2.87. The fourth-order valence-corrected chi connectivity index (χ4v) is 2.87. The number of nitrogens with zero attached hydrogens (tertiary/aromatic N) is 1. The molecule has 29 heavy (non-hydrogen) atoms. The number of carbonyl (C=O) groups is 3. The quantitative estimate of drug-likeness (QED) is 0.684. The first-order valence-corrected chi connectivity index (χ1v) is 9.22. The van der Waals surface area contributed by atoms with Crippen molar-refractivity contribution in [2.75, 3.05) is 31.2 Å². The number of ether oxygens (including phenoxy) is 2. The molecular formula is C21H21FN2O5. The van der Waals surface area contributed by atoms with Crippen LogP contribution in [0.3, 0.4) is 0 Å². The lowest BCUT2D eigenvalue weighted by atomic mass is 10.1. The number of fused-ring (bicyclic) bond motifs is 1. The first kappa shape index (κ1) is 20.3. The first-order valence-electron chi connectivity index (χ1n) is 9.22. The zero-order chi connectivity index (χ0) is 20.6. The van der Waals surface area contributed by atoms with Crippen LogP contribution in [0.2, 0.25) is 0 Å².